The molecule has 0 amide bonds. The van der Waals surface area contributed by atoms with Gasteiger partial charge in [0, 0.05) is 21.7 Å². The number of nitrogens with one attached hydrogen (secondary N) is 1. The van der Waals surface area contributed by atoms with Crippen LogP contribution in [0.25, 0.3) is 0 Å². The number of nitrogens with zero attached hydrogens (tertiary/aromatic N) is 1. The lowest BCUT2D eigenvalue weighted by atomic mass is 10.3. The summed E-state index contributed by atoms with van der Waals surface area (Å²) >= 11 is 8.03. The van der Waals surface area contributed by atoms with Crippen LogP contribution in [-0.4, -0.2) is 10.7 Å². The number of halogens is 4. The molecule has 114 valence electrons. The standard InChI is InChI=1S/C12H11ClF3N3S2/c13-7-3-1-2-4-9(7)20-6-8(19-17)10-5-18-11(21-10)12(14,15)16/h1-5,8,19H,6,17H2. The minimum atomic E-state index is -4.43. The fourth-order valence-electron chi connectivity index (χ4n) is 1.53. The molecule has 2 aromatic rings. The number of thiazole rings is 1. The fourth-order valence-corrected chi connectivity index (χ4v) is 3.78. The first kappa shape index (κ1) is 16.6. The molecule has 1 heterocycles. The lowest BCUT2D eigenvalue weighted by Gasteiger charge is -2.13. The van der Waals surface area contributed by atoms with Gasteiger partial charge in [0.05, 0.1) is 11.1 Å². The molecule has 0 aliphatic carbocycles. The van der Waals surface area contributed by atoms with Gasteiger partial charge in [-0.25, -0.2) is 4.98 Å². The van der Waals surface area contributed by atoms with Crippen LogP contribution in [0.4, 0.5) is 13.2 Å². The van der Waals surface area contributed by atoms with Crippen molar-refractivity contribution in [2.45, 2.75) is 17.1 Å². The minimum Gasteiger partial charge on any atom is -0.271 e. The summed E-state index contributed by atoms with van der Waals surface area (Å²) in [5.41, 5.74) is 2.51. The van der Waals surface area contributed by atoms with E-state index in [0.717, 1.165) is 4.90 Å². The first-order valence-corrected chi connectivity index (χ1v) is 7.96. The topological polar surface area (TPSA) is 50.9 Å². The molecule has 0 bridgehead atoms. The monoisotopic (exact) mass is 353 g/mol. The van der Waals surface area contributed by atoms with Gasteiger partial charge in [-0.05, 0) is 12.1 Å². The highest BCUT2D eigenvalue weighted by molar-refractivity contribution is 7.99. The molecule has 1 aromatic carbocycles. The summed E-state index contributed by atoms with van der Waals surface area (Å²) in [5, 5.41) is -0.279. The molecule has 0 spiro atoms. The average Bonchev–Trinajstić information content (AvgIpc) is 2.91. The molecular formula is C12H11ClF3N3S2. The van der Waals surface area contributed by atoms with E-state index in [2.05, 4.69) is 10.4 Å². The molecule has 1 unspecified atom stereocenters. The molecule has 0 radical (unpaired) electrons. The number of aromatic nitrogens is 1. The molecule has 0 saturated carbocycles. The molecule has 0 saturated heterocycles. The van der Waals surface area contributed by atoms with E-state index >= 15 is 0 Å². The maximum atomic E-state index is 12.5. The van der Waals surface area contributed by atoms with E-state index in [1.165, 1.54) is 18.0 Å². The molecule has 0 aliphatic heterocycles. The van der Waals surface area contributed by atoms with Crippen molar-refractivity contribution in [1.82, 2.24) is 10.4 Å². The summed E-state index contributed by atoms with van der Waals surface area (Å²) in [5.74, 6) is 5.87. The summed E-state index contributed by atoms with van der Waals surface area (Å²) in [4.78, 5) is 4.67. The number of hydrazine groups is 1. The predicted molar refractivity (Wildman–Crippen MR) is 79.4 cm³/mol. The molecule has 21 heavy (non-hydrogen) atoms. The molecule has 2 rings (SSSR count). The molecule has 1 aromatic heterocycles. The van der Waals surface area contributed by atoms with Crippen LogP contribution in [0.1, 0.15) is 15.9 Å². The van der Waals surface area contributed by atoms with Gasteiger partial charge in [-0.2, -0.15) is 13.2 Å². The van der Waals surface area contributed by atoms with E-state index in [1.54, 1.807) is 6.07 Å². The van der Waals surface area contributed by atoms with Crippen LogP contribution in [0.3, 0.4) is 0 Å². The first-order valence-electron chi connectivity index (χ1n) is 5.78. The van der Waals surface area contributed by atoms with E-state index in [0.29, 0.717) is 27.0 Å². The normalized spacial score (nSPS) is 13.4. The summed E-state index contributed by atoms with van der Waals surface area (Å²) in [6, 6.07) is 6.81. The summed E-state index contributed by atoms with van der Waals surface area (Å²) in [6.07, 6.45) is -3.23. The minimum absolute atomic E-state index is 0.431. The number of benzene rings is 1. The second-order valence-corrected chi connectivity index (χ2v) is 6.56. The maximum absolute atomic E-state index is 12.5. The van der Waals surface area contributed by atoms with E-state index in [1.807, 2.05) is 18.2 Å². The lowest BCUT2D eigenvalue weighted by Crippen LogP contribution is -2.29. The Hall–Kier alpha value is -0.800. The quantitative estimate of drug-likeness (QED) is 0.482. The van der Waals surface area contributed by atoms with Gasteiger partial charge in [0.1, 0.15) is 0 Å². The van der Waals surface area contributed by atoms with Crippen LogP contribution in [0.5, 0.6) is 0 Å². The van der Waals surface area contributed by atoms with Crippen LogP contribution < -0.4 is 11.3 Å². The zero-order valence-corrected chi connectivity index (χ0v) is 12.9. The summed E-state index contributed by atoms with van der Waals surface area (Å²) in [7, 11) is 0. The second kappa shape index (κ2) is 6.97. The Labute approximate surface area is 132 Å². The number of hydrogen-bond acceptors (Lipinski definition) is 5. The van der Waals surface area contributed by atoms with E-state index in [-0.39, 0.29) is 0 Å². The van der Waals surface area contributed by atoms with Crippen molar-refractivity contribution in [2.75, 3.05) is 5.75 Å². The molecule has 3 nitrogen and oxygen atoms in total. The molecule has 0 fully saturated rings. The van der Waals surface area contributed by atoms with Gasteiger partial charge in [0.15, 0.2) is 5.01 Å². The predicted octanol–water partition coefficient (Wildman–Crippen LogP) is 4.11. The Balaban J connectivity index is 2.07. The van der Waals surface area contributed by atoms with Crippen molar-refractivity contribution >= 4 is 34.7 Å². The van der Waals surface area contributed by atoms with Crippen LogP contribution in [0, 0.1) is 0 Å². The van der Waals surface area contributed by atoms with Gasteiger partial charge in [-0.1, -0.05) is 23.7 Å². The largest absolute Gasteiger partial charge is 0.443 e. The van der Waals surface area contributed by atoms with E-state index in [4.69, 9.17) is 17.4 Å². The Morgan fingerprint density at radius 3 is 2.67 bits per heavy atom. The van der Waals surface area contributed by atoms with Crippen molar-refractivity contribution in [1.29, 1.82) is 0 Å². The second-order valence-electron chi connectivity index (χ2n) is 4.03. The average molecular weight is 354 g/mol. The van der Waals surface area contributed by atoms with Gasteiger partial charge in [0.25, 0.3) is 0 Å². The number of hydrogen-bond donors (Lipinski definition) is 2. The Kier molecular flexibility index (Phi) is 5.50. The molecular weight excluding hydrogens is 343 g/mol. The van der Waals surface area contributed by atoms with Gasteiger partial charge >= 0.3 is 6.18 Å². The van der Waals surface area contributed by atoms with Gasteiger partial charge < -0.3 is 0 Å². The molecule has 1 atom stereocenters. The van der Waals surface area contributed by atoms with E-state index < -0.39 is 17.2 Å². The van der Waals surface area contributed by atoms with Crippen LogP contribution >= 0.6 is 34.7 Å². The van der Waals surface area contributed by atoms with Crippen LogP contribution in [0.2, 0.25) is 5.02 Å². The summed E-state index contributed by atoms with van der Waals surface area (Å²) in [6.45, 7) is 0. The zero-order valence-electron chi connectivity index (χ0n) is 10.5. The van der Waals surface area contributed by atoms with Crippen LogP contribution in [-0.2, 0) is 6.18 Å². The van der Waals surface area contributed by atoms with Crippen molar-refractivity contribution in [3.63, 3.8) is 0 Å². The number of nitrogens with two attached hydrogens (primary N) is 1. The highest BCUT2D eigenvalue weighted by Gasteiger charge is 2.35. The van der Waals surface area contributed by atoms with E-state index in [9.17, 15) is 13.2 Å². The van der Waals surface area contributed by atoms with Gasteiger partial charge in [-0.3, -0.25) is 11.3 Å². The van der Waals surface area contributed by atoms with Crippen molar-refractivity contribution in [3.8, 4) is 0 Å². The van der Waals surface area contributed by atoms with Gasteiger partial charge in [-0.15, -0.1) is 23.1 Å². The molecule has 9 heteroatoms. The third-order valence-electron chi connectivity index (χ3n) is 2.55. The first-order chi connectivity index (χ1) is 9.91. The van der Waals surface area contributed by atoms with Gasteiger partial charge in [0.2, 0.25) is 0 Å². The SMILES string of the molecule is NNC(CSc1ccccc1Cl)c1cnc(C(F)(F)F)s1. The Morgan fingerprint density at radius 1 is 1.38 bits per heavy atom. The van der Waals surface area contributed by atoms with Crippen molar-refractivity contribution in [3.05, 3.63) is 45.4 Å². The van der Waals surface area contributed by atoms with Crippen molar-refractivity contribution in [2.24, 2.45) is 5.84 Å². The molecule has 3 N–H and O–H groups in total. The highest BCUT2D eigenvalue weighted by Crippen LogP contribution is 2.36. The number of rotatable bonds is 5. The smallest absolute Gasteiger partial charge is 0.271 e. The summed E-state index contributed by atoms with van der Waals surface area (Å²) < 4.78 is 37.6. The maximum Gasteiger partial charge on any atom is 0.443 e. The Morgan fingerprint density at radius 2 is 2.10 bits per heavy atom. The fraction of sp³-hybridized carbons (Fsp3) is 0.250. The number of thioether (sulfide) groups is 1. The zero-order chi connectivity index (χ0) is 15.5. The number of alkyl halides is 3. The third-order valence-corrected chi connectivity index (χ3v) is 5.32. The van der Waals surface area contributed by atoms with Crippen LogP contribution in [0.15, 0.2) is 35.4 Å². The van der Waals surface area contributed by atoms with Crippen molar-refractivity contribution < 1.29 is 13.2 Å². The Bertz CT molecular complexity index is 603. The lowest BCUT2D eigenvalue weighted by molar-refractivity contribution is -0.137. The highest BCUT2D eigenvalue weighted by atomic mass is 35.5. The molecule has 0 aliphatic rings. The third kappa shape index (κ3) is 4.33.